The number of piperidine rings is 1. The van der Waals surface area contributed by atoms with E-state index >= 15 is 0 Å². The van der Waals surface area contributed by atoms with Crippen molar-refractivity contribution in [2.24, 2.45) is 11.8 Å². The van der Waals surface area contributed by atoms with E-state index in [9.17, 15) is 4.79 Å². The molecule has 2 aromatic heterocycles. The zero-order valence-corrected chi connectivity index (χ0v) is 17.6. The van der Waals surface area contributed by atoms with E-state index in [4.69, 9.17) is 4.42 Å². The summed E-state index contributed by atoms with van der Waals surface area (Å²) in [6.07, 6.45) is 2.82. The summed E-state index contributed by atoms with van der Waals surface area (Å²) >= 11 is 1.45. The van der Waals surface area contributed by atoms with Crippen LogP contribution in [0, 0.1) is 11.8 Å². The van der Waals surface area contributed by atoms with Crippen LogP contribution in [0.5, 0.6) is 0 Å². The highest BCUT2D eigenvalue weighted by molar-refractivity contribution is 7.99. The highest BCUT2D eigenvalue weighted by Gasteiger charge is 2.26. The number of amides is 1. The molecule has 1 fully saturated rings. The zero-order chi connectivity index (χ0) is 20.2. The molecule has 3 heterocycles. The van der Waals surface area contributed by atoms with Gasteiger partial charge < -0.3 is 9.32 Å². The van der Waals surface area contributed by atoms with E-state index in [1.54, 1.807) is 6.26 Å². The topological polar surface area (TPSA) is 64.2 Å². The second kappa shape index (κ2) is 8.86. The Labute approximate surface area is 175 Å². The maximum absolute atomic E-state index is 12.8. The molecule has 0 unspecified atom stereocenters. The number of furan rings is 1. The molecular formula is C22H26N4O2S. The SMILES string of the molecule is C[C@@H]1C[C@H](C)CN(C(=O)CSc2nnc(-c3ccco3)n2Cc2ccccc2)C1. The Morgan fingerprint density at radius 3 is 2.55 bits per heavy atom. The molecule has 3 aromatic rings. The summed E-state index contributed by atoms with van der Waals surface area (Å²) in [6.45, 7) is 6.75. The highest BCUT2D eigenvalue weighted by atomic mass is 32.2. The van der Waals surface area contributed by atoms with E-state index in [1.165, 1.54) is 18.2 Å². The molecule has 0 saturated carbocycles. The summed E-state index contributed by atoms with van der Waals surface area (Å²) in [5, 5.41) is 9.43. The molecule has 4 rings (SSSR count). The molecule has 1 amide bonds. The molecule has 1 saturated heterocycles. The van der Waals surface area contributed by atoms with Crippen LogP contribution < -0.4 is 0 Å². The number of likely N-dealkylation sites (tertiary alicyclic amines) is 1. The van der Waals surface area contributed by atoms with Gasteiger partial charge in [0.25, 0.3) is 0 Å². The van der Waals surface area contributed by atoms with Crippen molar-refractivity contribution in [3.63, 3.8) is 0 Å². The van der Waals surface area contributed by atoms with Crippen molar-refractivity contribution in [1.29, 1.82) is 0 Å². The van der Waals surface area contributed by atoms with Gasteiger partial charge in [-0.3, -0.25) is 9.36 Å². The molecular weight excluding hydrogens is 384 g/mol. The second-order valence-corrected chi connectivity index (χ2v) is 8.83. The standard InChI is InChI=1S/C22H26N4O2S/c1-16-11-17(2)13-25(12-16)20(27)15-29-22-24-23-21(19-9-6-10-28-19)26(22)14-18-7-4-3-5-8-18/h3-10,16-17H,11-15H2,1-2H3/t16-,17+. The Hall–Kier alpha value is -2.54. The minimum atomic E-state index is 0.169. The van der Waals surface area contributed by atoms with Gasteiger partial charge in [0.1, 0.15) is 0 Å². The molecule has 0 aliphatic carbocycles. The molecule has 0 bridgehead atoms. The third kappa shape index (κ3) is 4.72. The predicted molar refractivity (Wildman–Crippen MR) is 114 cm³/mol. The first-order chi connectivity index (χ1) is 14.1. The summed E-state index contributed by atoms with van der Waals surface area (Å²) in [6, 6.07) is 13.9. The average Bonchev–Trinajstić information content (AvgIpc) is 3.36. The quantitative estimate of drug-likeness (QED) is 0.570. The molecule has 1 aliphatic heterocycles. The molecule has 152 valence electrons. The lowest BCUT2D eigenvalue weighted by Gasteiger charge is -2.34. The molecule has 2 atom stereocenters. The van der Waals surface area contributed by atoms with Crippen LogP contribution >= 0.6 is 11.8 Å². The molecule has 0 spiro atoms. The van der Waals surface area contributed by atoms with Crippen LogP contribution in [-0.2, 0) is 11.3 Å². The Bertz CT molecular complexity index is 929. The van der Waals surface area contributed by atoms with Crippen LogP contribution in [0.25, 0.3) is 11.6 Å². The number of carbonyl (C=O) groups excluding carboxylic acids is 1. The summed E-state index contributed by atoms with van der Waals surface area (Å²) in [4.78, 5) is 14.8. The number of hydrogen-bond donors (Lipinski definition) is 0. The van der Waals surface area contributed by atoms with Crippen LogP contribution in [-0.4, -0.2) is 44.4 Å². The normalized spacial score (nSPS) is 19.4. The Balaban J connectivity index is 1.51. The average molecular weight is 411 g/mol. The minimum Gasteiger partial charge on any atom is -0.461 e. The van der Waals surface area contributed by atoms with E-state index in [0.717, 1.165) is 23.8 Å². The van der Waals surface area contributed by atoms with Crippen LogP contribution in [0.4, 0.5) is 0 Å². The predicted octanol–water partition coefficient (Wildman–Crippen LogP) is 4.18. The van der Waals surface area contributed by atoms with E-state index in [-0.39, 0.29) is 5.91 Å². The molecule has 0 N–H and O–H groups in total. The summed E-state index contributed by atoms with van der Waals surface area (Å²) in [5.41, 5.74) is 1.15. The first-order valence-corrected chi connectivity index (χ1v) is 11.0. The minimum absolute atomic E-state index is 0.169. The maximum Gasteiger partial charge on any atom is 0.233 e. The number of nitrogens with zero attached hydrogens (tertiary/aromatic N) is 4. The summed E-state index contributed by atoms with van der Waals surface area (Å²) in [5.74, 6) is 2.99. The first kappa shape index (κ1) is 19.8. The number of benzene rings is 1. The molecule has 1 aromatic carbocycles. The molecule has 29 heavy (non-hydrogen) atoms. The third-order valence-electron chi connectivity index (χ3n) is 5.19. The largest absolute Gasteiger partial charge is 0.461 e. The van der Waals surface area contributed by atoms with Gasteiger partial charge in [-0.25, -0.2) is 0 Å². The van der Waals surface area contributed by atoms with Gasteiger partial charge in [0.15, 0.2) is 10.9 Å². The van der Waals surface area contributed by atoms with Gasteiger partial charge in [0.05, 0.1) is 18.6 Å². The van der Waals surface area contributed by atoms with Crippen LogP contribution in [0.3, 0.4) is 0 Å². The van der Waals surface area contributed by atoms with Crippen molar-refractivity contribution < 1.29 is 9.21 Å². The van der Waals surface area contributed by atoms with Crippen molar-refractivity contribution >= 4 is 17.7 Å². The highest BCUT2D eigenvalue weighted by Crippen LogP contribution is 2.27. The number of carbonyl (C=O) groups is 1. The first-order valence-electron chi connectivity index (χ1n) is 10.0. The van der Waals surface area contributed by atoms with Gasteiger partial charge in [-0.2, -0.15) is 0 Å². The molecule has 1 aliphatic rings. The molecule has 6 nitrogen and oxygen atoms in total. The molecule has 0 radical (unpaired) electrons. The number of hydrogen-bond acceptors (Lipinski definition) is 5. The second-order valence-electron chi connectivity index (χ2n) is 7.89. The van der Waals surface area contributed by atoms with Crippen LogP contribution in [0.15, 0.2) is 58.3 Å². The van der Waals surface area contributed by atoms with E-state index in [1.807, 2.05) is 39.8 Å². The fourth-order valence-electron chi connectivity index (χ4n) is 3.98. The van der Waals surface area contributed by atoms with E-state index < -0.39 is 0 Å². The number of rotatable bonds is 6. The lowest BCUT2D eigenvalue weighted by Crippen LogP contribution is -2.43. The number of aromatic nitrogens is 3. The fraction of sp³-hybridized carbons (Fsp3) is 0.409. The Morgan fingerprint density at radius 2 is 1.86 bits per heavy atom. The van der Waals surface area contributed by atoms with Crippen molar-refractivity contribution in [2.45, 2.75) is 32.0 Å². The molecule has 7 heteroatoms. The lowest BCUT2D eigenvalue weighted by molar-refractivity contribution is -0.130. The van der Waals surface area contributed by atoms with Gasteiger partial charge in [-0.1, -0.05) is 55.9 Å². The summed E-state index contributed by atoms with van der Waals surface area (Å²) < 4.78 is 7.57. The van der Waals surface area contributed by atoms with Gasteiger partial charge in [-0.05, 0) is 36.0 Å². The van der Waals surface area contributed by atoms with Gasteiger partial charge in [0, 0.05) is 13.1 Å². The maximum atomic E-state index is 12.8. The van der Waals surface area contributed by atoms with Gasteiger partial charge >= 0.3 is 0 Å². The lowest BCUT2D eigenvalue weighted by atomic mass is 9.92. The smallest absolute Gasteiger partial charge is 0.233 e. The van der Waals surface area contributed by atoms with Crippen LogP contribution in [0.1, 0.15) is 25.8 Å². The van der Waals surface area contributed by atoms with E-state index in [2.05, 4.69) is 36.2 Å². The summed E-state index contributed by atoms with van der Waals surface area (Å²) in [7, 11) is 0. The van der Waals surface area contributed by atoms with E-state index in [0.29, 0.717) is 35.7 Å². The number of thioether (sulfide) groups is 1. The Kier molecular flexibility index (Phi) is 6.04. The third-order valence-corrected chi connectivity index (χ3v) is 6.14. The van der Waals surface area contributed by atoms with Crippen molar-refractivity contribution in [1.82, 2.24) is 19.7 Å². The van der Waals surface area contributed by atoms with Gasteiger partial charge in [0.2, 0.25) is 11.7 Å². The monoisotopic (exact) mass is 410 g/mol. The van der Waals surface area contributed by atoms with Crippen LogP contribution in [0.2, 0.25) is 0 Å². The van der Waals surface area contributed by atoms with Crippen molar-refractivity contribution in [3.05, 3.63) is 54.3 Å². The van der Waals surface area contributed by atoms with Crippen molar-refractivity contribution in [2.75, 3.05) is 18.8 Å². The van der Waals surface area contributed by atoms with Gasteiger partial charge in [-0.15, -0.1) is 10.2 Å². The van der Waals surface area contributed by atoms with Crippen molar-refractivity contribution in [3.8, 4) is 11.6 Å². The fourth-order valence-corrected chi connectivity index (χ4v) is 4.82. The zero-order valence-electron chi connectivity index (χ0n) is 16.8. The Morgan fingerprint density at radius 1 is 1.10 bits per heavy atom.